The topological polar surface area (TPSA) is 70.4 Å². The Bertz CT molecular complexity index is 1430. The maximum Gasteiger partial charge on any atom is 0.336 e. The van der Waals surface area contributed by atoms with E-state index in [9.17, 15) is 4.79 Å². The molecule has 0 saturated carbocycles. The van der Waals surface area contributed by atoms with E-state index < -0.39 is 5.63 Å². The van der Waals surface area contributed by atoms with Crippen LogP contribution in [0.1, 0.15) is 11.1 Å². The van der Waals surface area contributed by atoms with Crippen LogP contribution < -0.4 is 24.6 Å². The molecule has 2 heterocycles. The summed E-state index contributed by atoms with van der Waals surface area (Å²) >= 11 is 6.63. The molecule has 7 nitrogen and oxygen atoms in total. The van der Waals surface area contributed by atoms with Crippen molar-refractivity contribution in [1.29, 1.82) is 0 Å². The molecule has 3 aromatic carbocycles. The monoisotopic (exact) mass is 493 g/mol. The first-order chi connectivity index (χ1) is 17.0. The molecule has 5 rings (SSSR count). The molecule has 0 bridgehead atoms. The quantitative estimate of drug-likeness (QED) is 0.329. The molecule has 0 radical (unpaired) electrons. The predicted molar refractivity (Wildman–Crippen MR) is 134 cm³/mol. The minimum atomic E-state index is -0.428. The van der Waals surface area contributed by atoms with E-state index in [4.69, 9.17) is 35.0 Å². The van der Waals surface area contributed by atoms with E-state index in [-0.39, 0.29) is 0 Å². The van der Waals surface area contributed by atoms with Gasteiger partial charge in [-0.15, -0.1) is 0 Å². The predicted octanol–water partition coefficient (Wildman–Crippen LogP) is 5.49. The smallest absolute Gasteiger partial charge is 0.336 e. The first kappa shape index (κ1) is 23.1. The highest BCUT2D eigenvalue weighted by atomic mass is 35.5. The van der Waals surface area contributed by atoms with E-state index in [1.54, 1.807) is 27.4 Å². The third-order valence-electron chi connectivity index (χ3n) is 6.02. The van der Waals surface area contributed by atoms with Gasteiger partial charge in [-0.3, -0.25) is 4.90 Å². The third-order valence-corrected chi connectivity index (χ3v) is 6.31. The Hall–Kier alpha value is -3.68. The number of halogens is 1. The van der Waals surface area contributed by atoms with Gasteiger partial charge in [0.2, 0.25) is 5.75 Å². The Balaban J connectivity index is 1.55. The number of fused-ring (bicyclic) bond motifs is 3. The van der Waals surface area contributed by atoms with Crippen molar-refractivity contribution in [2.75, 3.05) is 28.1 Å². The van der Waals surface area contributed by atoms with Crippen LogP contribution in [0.2, 0.25) is 5.02 Å². The molecule has 180 valence electrons. The summed E-state index contributed by atoms with van der Waals surface area (Å²) in [5.74, 6) is 2.22. The molecule has 1 aliphatic heterocycles. The van der Waals surface area contributed by atoms with Crippen LogP contribution in [0.25, 0.3) is 22.1 Å². The molecule has 0 N–H and O–H groups in total. The van der Waals surface area contributed by atoms with Gasteiger partial charge in [0.25, 0.3) is 0 Å². The second kappa shape index (κ2) is 9.52. The third kappa shape index (κ3) is 4.29. The summed E-state index contributed by atoms with van der Waals surface area (Å²) in [6.45, 7) is 1.33. The van der Waals surface area contributed by atoms with Gasteiger partial charge in [-0.2, -0.15) is 0 Å². The van der Waals surface area contributed by atoms with E-state index in [1.165, 1.54) is 6.07 Å². The fourth-order valence-electron chi connectivity index (χ4n) is 4.48. The molecule has 8 heteroatoms. The van der Waals surface area contributed by atoms with Crippen LogP contribution in [0.5, 0.6) is 23.0 Å². The number of rotatable bonds is 6. The zero-order valence-electron chi connectivity index (χ0n) is 19.6. The van der Waals surface area contributed by atoms with Crippen LogP contribution in [0, 0.1) is 0 Å². The van der Waals surface area contributed by atoms with Crippen LogP contribution in [-0.2, 0) is 13.1 Å². The van der Waals surface area contributed by atoms with Crippen molar-refractivity contribution in [3.8, 4) is 34.1 Å². The summed E-state index contributed by atoms with van der Waals surface area (Å²) in [6, 6.07) is 16.8. The first-order valence-corrected chi connectivity index (χ1v) is 11.4. The average molecular weight is 494 g/mol. The molecule has 0 saturated heterocycles. The van der Waals surface area contributed by atoms with Crippen molar-refractivity contribution in [3.63, 3.8) is 0 Å². The zero-order valence-corrected chi connectivity index (χ0v) is 20.3. The van der Waals surface area contributed by atoms with Gasteiger partial charge in [0.15, 0.2) is 11.5 Å². The molecule has 0 fully saturated rings. The van der Waals surface area contributed by atoms with Crippen LogP contribution in [0.4, 0.5) is 0 Å². The molecule has 0 spiro atoms. The van der Waals surface area contributed by atoms with Gasteiger partial charge in [0.05, 0.1) is 31.9 Å². The molecular formula is C27H24ClNO6. The Labute approximate surface area is 207 Å². The van der Waals surface area contributed by atoms with E-state index in [2.05, 4.69) is 4.90 Å². The van der Waals surface area contributed by atoms with Gasteiger partial charge in [-0.25, -0.2) is 4.79 Å². The highest BCUT2D eigenvalue weighted by molar-refractivity contribution is 6.33. The summed E-state index contributed by atoms with van der Waals surface area (Å²) in [6.07, 6.45) is 0. The lowest BCUT2D eigenvalue weighted by atomic mass is 9.99. The summed E-state index contributed by atoms with van der Waals surface area (Å²) in [7, 11) is 4.74. The molecule has 0 atom stereocenters. The number of methoxy groups -OCH3 is 3. The van der Waals surface area contributed by atoms with E-state index in [0.717, 1.165) is 27.6 Å². The normalized spacial score (nSPS) is 13.3. The maximum absolute atomic E-state index is 12.5. The van der Waals surface area contributed by atoms with Crippen molar-refractivity contribution in [1.82, 2.24) is 4.90 Å². The van der Waals surface area contributed by atoms with E-state index in [1.807, 2.05) is 42.5 Å². The minimum absolute atomic E-state index is 0.317. The molecule has 4 aromatic rings. The summed E-state index contributed by atoms with van der Waals surface area (Å²) in [5, 5.41) is 1.24. The summed E-state index contributed by atoms with van der Waals surface area (Å²) < 4.78 is 28.1. The van der Waals surface area contributed by atoms with Gasteiger partial charge in [-0.1, -0.05) is 41.9 Å². The second-order valence-corrected chi connectivity index (χ2v) is 8.59. The molecule has 1 aromatic heterocycles. The van der Waals surface area contributed by atoms with E-state index >= 15 is 0 Å². The Morgan fingerprint density at radius 3 is 2.34 bits per heavy atom. The van der Waals surface area contributed by atoms with Crippen molar-refractivity contribution in [2.24, 2.45) is 0 Å². The fourth-order valence-corrected chi connectivity index (χ4v) is 4.76. The highest BCUT2D eigenvalue weighted by Gasteiger charge is 2.26. The van der Waals surface area contributed by atoms with Crippen LogP contribution in [0.3, 0.4) is 0 Å². The van der Waals surface area contributed by atoms with Gasteiger partial charge in [0.1, 0.15) is 18.1 Å². The summed E-state index contributed by atoms with van der Waals surface area (Å²) in [4.78, 5) is 14.6. The molecule has 1 aliphatic rings. The largest absolute Gasteiger partial charge is 0.493 e. The lowest BCUT2D eigenvalue weighted by Gasteiger charge is -2.30. The van der Waals surface area contributed by atoms with Crippen LogP contribution in [-0.4, -0.2) is 33.0 Å². The van der Waals surface area contributed by atoms with Crippen molar-refractivity contribution >= 4 is 22.6 Å². The molecule has 0 unspecified atom stereocenters. The molecule has 35 heavy (non-hydrogen) atoms. The lowest BCUT2D eigenvalue weighted by Crippen LogP contribution is -2.32. The number of hydrogen-bond donors (Lipinski definition) is 0. The van der Waals surface area contributed by atoms with Crippen molar-refractivity contribution < 1.29 is 23.4 Å². The second-order valence-electron chi connectivity index (χ2n) is 8.18. The average Bonchev–Trinajstić information content (AvgIpc) is 2.88. The number of hydrogen-bond acceptors (Lipinski definition) is 7. The molecule has 0 aliphatic carbocycles. The fraction of sp³-hybridized carbons (Fsp3) is 0.222. The number of nitrogens with zero attached hydrogens (tertiary/aromatic N) is 1. The Morgan fingerprint density at radius 2 is 1.69 bits per heavy atom. The van der Waals surface area contributed by atoms with Crippen LogP contribution >= 0.6 is 11.6 Å². The van der Waals surface area contributed by atoms with Gasteiger partial charge in [0, 0.05) is 24.5 Å². The lowest BCUT2D eigenvalue weighted by molar-refractivity contribution is 0.0889. The zero-order chi connectivity index (χ0) is 24.5. The minimum Gasteiger partial charge on any atom is -0.493 e. The van der Waals surface area contributed by atoms with Gasteiger partial charge >= 0.3 is 5.63 Å². The summed E-state index contributed by atoms with van der Waals surface area (Å²) in [5.41, 5.74) is 3.41. The standard InChI is InChI=1S/C27H24ClNO6/c1-31-22-9-16(10-23(32-2)27(22)33-3)13-29-14-20-25-19(11-21(28)26(20)34-15-29)18(12-24(30)35-25)17-7-5-4-6-8-17/h4-12H,13-15H2,1-3H3. The van der Waals surface area contributed by atoms with Gasteiger partial charge < -0.3 is 23.4 Å². The molecular weight excluding hydrogens is 470 g/mol. The Kier molecular flexibility index (Phi) is 6.28. The van der Waals surface area contributed by atoms with Crippen molar-refractivity contribution in [3.05, 3.63) is 81.2 Å². The maximum atomic E-state index is 12.5. The molecule has 0 amide bonds. The van der Waals surface area contributed by atoms with Gasteiger partial charge in [-0.05, 0) is 34.9 Å². The number of ether oxygens (including phenoxy) is 4. The SMILES string of the molecule is COc1cc(CN2COc3c(Cl)cc4c(-c5ccccc5)cc(=O)oc4c3C2)cc(OC)c1OC. The van der Waals surface area contributed by atoms with Crippen molar-refractivity contribution in [2.45, 2.75) is 13.1 Å². The Morgan fingerprint density at radius 1 is 0.971 bits per heavy atom. The van der Waals surface area contributed by atoms with E-state index in [0.29, 0.717) is 53.4 Å². The number of benzene rings is 3. The first-order valence-electron chi connectivity index (χ1n) is 11.0. The highest BCUT2D eigenvalue weighted by Crippen LogP contribution is 2.42. The van der Waals surface area contributed by atoms with Crippen LogP contribution in [0.15, 0.2) is 63.8 Å².